The minimum absolute atomic E-state index is 0.140. The molecule has 0 saturated carbocycles. The highest BCUT2D eigenvalue weighted by Crippen LogP contribution is 2.43. The summed E-state index contributed by atoms with van der Waals surface area (Å²) in [7, 11) is 1.91. The van der Waals surface area contributed by atoms with Crippen LogP contribution in [0.4, 0.5) is 0 Å². The third-order valence-electron chi connectivity index (χ3n) is 5.55. The van der Waals surface area contributed by atoms with Crippen LogP contribution in [0.2, 0.25) is 0 Å². The minimum Gasteiger partial charge on any atom is -0.480 e. The van der Waals surface area contributed by atoms with E-state index in [1.807, 2.05) is 24.1 Å². The van der Waals surface area contributed by atoms with Crippen molar-refractivity contribution < 1.29 is 19.8 Å². The van der Waals surface area contributed by atoms with E-state index in [-0.39, 0.29) is 11.5 Å². The van der Waals surface area contributed by atoms with E-state index in [9.17, 15) is 14.7 Å². The average Bonchev–Trinajstić information content (AvgIpc) is 2.87. The molecule has 6 nitrogen and oxygen atoms in total. The topological polar surface area (TPSA) is 81.1 Å². The third-order valence-corrected chi connectivity index (χ3v) is 5.55. The molecule has 0 unspecified atom stereocenters. The van der Waals surface area contributed by atoms with Crippen molar-refractivity contribution in [1.82, 2.24) is 9.80 Å². The number of nitrogens with zero attached hydrogens (tertiary/aromatic N) is 2. The van der Waals surface area contributed by atoms with Gasteiger partial charge in [-0.1, -0.05) is 12.1 Å². The zero-order chi connectivity index (χ0) is 17.3. The lowest BCUT2D eigenvalue weighted by atomic mass is 9.76. The SMILES string of the molecule is CN1CC2(CCN(Cc3ccc(C(=O)O)cc3)CC2)C[C@H]1C(=O)O. The lowest BCUT2D eigenvalue weighted by Gasteiger charge is -2.39. The van der Waals surface area contributed by atoms with Crippen LogP contribution < -0.4 is 0 Å². The molecule has 1 aromatic carbocycles. The largest absolute Gasteiger partial charge is 0.480 e. The van der Waals surface area contributed by atoms with Gasteiger partial charge in [0.05, 0.1) is 5.56 Å². The molecule has 0 bridgehead atoms. The summed E-state index contributed by atoms with van der Waals surface area (Å²) in [6.07, 6.45) is 2.79. The Labute approximate surface area is 141 Å². The molecule has 2 fully saturated rings. The van der Waals surface area contributed by atoms with E-state index in [4.69, 9.17) is 5.11 Å². The van der Waals surface area contributed by atoms with Gasteiger partial charge in [0.25, 0.3) is 0 Å². The molecule has 6 heteroatoms. The van der Waals surface area contributed by atoms with Crippen molar-refractivity contribution in [3.63, 3.8) is 0 Å². The molecule has 3 rings (SSSR count). The van der Waals surface area contributed by atoms with Gasteiger partial charge in [0.15, 0.2) is 0 Å². The maximum Gasteiger partial charge on any atom is 0.335 e. The molecule has 2 aliphatic rings. The summed E-state index contributed by atoms with van der Waals surface area (Å²) in [6.45, 7) is 3.60. The number of hydrogen-bond donors (Lipinski definition) is 2. The Morgan fingerprint density at radius 3 is 2.29 bits per heavy atom. The van der Waals surface area contributed by atoms with Crippen molar-refractivity contribution in [3.05, 3.63) is 35.4 Å². The van der Waals surface area contributed by atoms with Crippen LogP contribution in [-0.4, -0.2) is 64.7 Å². The standard InChI is InChI=1S/C18H24N2O4/c1-19-12-18(10-15(19)17(23)24)6-8-20(9-7-18)11-13-2-4-14(5-3-13)16(21)22/h2-5,15H,6-12H2,1H3,(H,21,22)(H,23,24)/t15-/m0/s1. The Bertz CT molecular complexity index is 620. The highest BCUT2D eigenvalue weighted by molar-refractivity contribution is 5.87. The zero-order valence-electron chi connectivity index (χ0n) is 13.9. The Morgan fingerprint density at radius 1 is 1.17 bits per heavy atom. The van der Waals surface area contributed by atoms with Crippen molar-refractivity contribution in [1.29, 1.82) is 0 Å². The van der Waals surface area contributed by atoms with Crippen LogP contribution in [0.5, 0.6) is 0 Å². The predicted octanol–water partition coefficient (Wildman–Crippen LogP) is 1.76. The smallest absolute Gasteiger partial charge is 0.335 e. The first-order valence-electron chi connectivity index (χ1n) is 8.36. The molecule has 1 spiro atoms. The van der Waals surface area contributed by atoms with Gasteiger partial charge < -0.3 is 10.2 Å². The Morgan fingerprint density at radius 2 is 1.79 bits per heavy atom. The van der Waals surface area contributed by atoms with Crippen molar-refractivity contribution in [2.75, 3.05) is 26.7 Å². The van der Waals surface area contributed by atoms with Crippen LogP contribution in [0.1, 0.15) is 35.2 Å². The van der Waals surface area contributed by atoms with E-state index in [1.54, 1.807) is 12.1 Å². The first-order chi connectivity index (χ1) is 11.4. The summed E-state index contributed by atoms with van der Waals surface area (Å²) in [4.78, 5) is 26.6. The molecule has 0 amide bonds. The maximum absolute atomic E-state index is 11.3. The molecule has 0 aromatic heterocycles. The van der Waals surface area contributed by atoms with Crippen LogP contribution in [0, 0.1) is 5.41 Å². The van der Waals surface area contributed by atoms with Gasteiger partial charge in [0, 0.05) is 13.1 Å². The van der Waals surface area contributed by atoms with E-state index < -0.39 is 11.9 Å². The number of carboxylic acids is 2. The number of hydrogen-bond acceptors (Lipinski definition) is 4. The summed E-state index contributed by atoms with van der Waals surface area (Å²) < 4.78 is 0. The number of carbonyl (C=O) groups is 2. The molecule has 2 N–H and O–H groups in total. The van der Waals surface area contributed by atoms with Gasteiger partial charge in [-0.15, -0.1) is 0 Å². The fourth-order valence-corrected chi connectivity index (χ4v) is 4.10. The van der Waals surface area contributed by atoms with Gasteiger partial charge in [-0.2, -0.15) is 0 Å². The lowest BCUT2D eigenvalue weighted by molar-refractivity contribution is -0.141. The summed E-state index contributed by atoms with van der Waals surface area (Å²) in [5.74, 6) is -1.62. The van der Waals surface area contributed by atoms with Crippen molar-refractivity contribution in [3.8, 4) is 0 Å². The molecule has 130 valence electrons. The third kappa shape index (κ3) is 3.44. The minimum atomic E-state index is -0.903. The van der Waals surface area contributed by atoms with Crippen LogP contribution in [-0.2, 0) is 11.3 Å². The van der Waals surface area contributed by atoms with E-state index in [1.165, 1.54) is 0 Å². The van der Waals surface area contributed by atoms with Crippen molar-refractivity contribution >= 4 is 11.9 Å². The molecular formula is C18H24N2O4. The van der Waals surface area contributed by atoms with E-state index in [0.29, 0.717) is 5.56 Å². The van der Waals surface area contributed by atoms with Gasteiger partial charge in [-0.25, -0.2) is 4.79 Å². The van der Waals surface area contributed by atoms with Crippen LogP contribution >= 0.6 is 0 Å². The Hall–Kier alpha value is -1.92. The first-order valence-corrected chi connectivity index (χ1v) is 8.36. The fourth-order valence-electron chi connectivity index (χ4n) is 4.10. The van der Waals surface area contributed by atoms with E-state index >= 15 is 0 Å². The summed E-state index contributed by atoms with van der Waals surface area (Å²) >= 11 is 0. The molecular weight excluding hydrogens is 308 g/mol. The number of benzene rings is 1. The number of carboxylic acid groups (broad SMARTS) is 2. The molecule has 24 heavy (non-hydrogen) atoms. The molecule has 0 radical (unpaired) electrons. The van der Waals surface area contributed by atoms with E-state index in [2.05, 4.69) is 4.90 Å². The number of aliphatic carboxylic acids is 1. The molecule has 1 aromatic rings. The monoisotopic (exact) mass is 332 g/mol. The first kappa shape index (κ1) is 16.9. The summed E-state index contributed by atoms with van der Waals surface area (Å²) in [5, 5.41) is 18.3. The second-order valence-electron chi connectivity index (χ2n) is 7.25. The molecule has 2 saturated heterocycles. The van der Waals surface area contributed by atoms with Crippen LogP contribution in [0.3, 0.4) is 0 Å². The number of likely N-dealkylation sites (N-methyl/N-ethyl adjacent to an activating group) is 1. The van der Waals surface area contributed by atoms with E-state index in [0.717, 1.165) is 51.0 Å². The van der Waals surface area contributed by atoms with Gasteiger partial charge in [-0.05, 0) is 62.5 Å². The maximum atomic E-state index is 11.3. The highest BCUT2D eigenvalue weighted by Gasteiger charge is 2.46. The number of aromatic carboxylic acids is 1. The normalized spacial score (nSPS) is 24.3. The van der Waals surface area contributed by atoms with Gasteiger partial charge in [0.1, 0.15) is 6.04 Å². The Balaban J connectivity index is 1.56. The zero-order valence-corrected chi connectivity index (χ0v) is 13.9. The van der Waals surface area contributed by atoms with Crippen LogP contribution in [0.15, 0.2) is 24.3 Å². The number of rotatable bonds is 4. The molecule has 2 aliphatic heterocycles. The second kappa shape index (κ2) is 6.53. The predicted molar refractivity (Wildman–Crippen MR) is 89.0 cm³/mol. The quantitative estimate of drug-likeness (QED) is 0.874. The highest BCUT2D eigenvalue weighted by atomic mass is 16.4. The van der Waals surface area contributed by atoms with Gasteiger partial charge in [-0.3, -0.25) is 14.6 Å². The Kier molecular flexibility index (Phi) is 4.60. The molecule has 0 aliphatic carbocycles. The summed E-state index contributed by atoms with van der Waals surface area (Å²) in [5.41, 5.74) is 1.56. The number of likely N-dealkylation sites (tertiary alicyclic amines) is 2. The lowest BCUT2D eigenvalue weighted by Crippen LogP contribution is -2.40. The van der Waals surface area contributed by atoms with Crippen molar-refractivity contribution in [2.24, 2.45) is 5.41 Å². The fraction of sp³-hybridized carbons (Fsp3) is 0.556. The second-order valence-corrected chi connectivity index (χ2v) is 7.25. The van der Waals surface area contributed by atoms with Gasteiger partial charge in [0.2, 0.25) is 0 Å². The average molecular weight is 332 g/mol. The summed E-state index contributed by atoms with van der Waals surface area (Å²) in [6, 6.07) is 6.69. The molecule has 2 heterocycles. The van der Waals surface area contributed by atoms with Gasteiger partial charge >= 0.3 is 11.9 Å². The van der Waals surface area contributed by atoms with Crippen LogP contribution in [0.25, 0.3) is 0 Å². The number of piperidine rings is 1. The molecule has 1 atom stereocenters. The van der Waals surface area contributed by atoms with Crippen molar-refractivity contribution in [2.45, 2.75) is 31.8 Å².